The Bertz CT molecular complexity index is 1730. The lowest BCUT2D eigenvalue weighted by atomic mass is 10.1. The number of alkyl halides is 3. The van der Waals surface area contributed by atoms with E-state index < -0.39 is 33.5 Å². The maximum Gasteiger partial charge on any atom is 0.433 e. The number of amides is 1. The molecule has 0 radical (unpaired) electrons. The molecule has 0 aliphatic carbocycles. The van der Waals surface area contributed by atoms with E-state index in [4.69, 9.17) is 16.3 Å². The first kappa shape index (κ1) is 27.9. The van der Waals surface area contributed by atoms with Gasteiger partial charge in [0.2, 0.25) is 10.0 Å². The van der Waals surface area contributed by atoms with Crippen molar-refractivity contribution in [3.8, 4) is 17.0 Å². The monoisotopic (exact) mass is 597 g/mol. The Hall–Kier alpha value is -3.69. The zero-order valence-corrected chi connectivity index (χ0v) is 23.0. The average Bonchev–Trinajstić information content (AvgIpc) is 3.45. The van der Waals surface area contributed by atoms with Crippen molar-refractivity contribution >= 4 is 33.2 Å². The van der Waals surface area contributed by atoms with Crippen molar-refractivity contribution in [2.45, 2.75) is 18.0 Å². The highest BCUT2D eigenvalue weighted by Crippen LogP contribution is 2.35. The molecule has 1 saturated heterocycles. The van der Waals surface area contributed by atoms with Crippen molar-refractivity contribution in [3.63, 3.8) is 0 Å². The molecular weight excluding hydrogens is 575 g/mol. The largest absolute Gasteiger partial charge is 0.497 e. The number of sulfonamides is 1. The molecule has 5 rings (SSSR count). The first-order valence-corrected chi connectivity index (χ1v) is 13.7. The van der Waals surface area contributed by atoms with Gasteiger partial charge in [-0.2, -0.15) is 27.7 Å². The predicted octanol–water partition coefficient (Wildman–Crippen LogP) is 3.27. The molecule has 0 spiro atoms. The van der Waals surface area contributed by atoms with Crippen LogP contribution in [0.1, 0.15) is 21.9 Å². The number of nitrogens with zero attached hydrogens (tertiary/aromatic N) is 7. The molecule has 40 heavy (non-hydrogen) atoms. The van der Waals surface area contributed by atoms with E-state index in [1.807, 2.05) is 0 Å². The van der Waals surface area contributed by atoms with Gasteiger partial charge >= 0.3 is 6.18 Å². The van der Waals surface area contributed by atoms with Crippen LogP contribution in [0, 0.1) is 6.92 Å². The second-order valence-corrected chi connectivity index (χ2v) is 11.4. The van der Waals surface area contributed by atoms with Crippen LogP contribution in [-0.2, 0) is 23.2 Å². The predicted molar refractivity (Wildman–Crippen MR) is 138 cm³/mol. The van der Waals surface area contributed by atoms with Gasteiger partial charge in [0.1, 0.15) is 15.7 Å². The standard InChI is InChI=1S/C24H23ClF3N7O4S/c1-14-18(13-29-32(14)2)40(37,38)34-9-7-33(8-10-34)23(36)21-20(25)22-30-17(15-5-4-6-16(11-15)39-3)12-19(24(26,27)28)35(22)31-21/h4-6,11-13H,7-10H2,1-3H3. The van der Waals surface area contributed by atoms with E-state index in [2.05, 4.69) is 15.2 Å². The molecule has 1 fully saturated rings. The summed E-state index contributed by atoms with van der Waals surface area (Å²) in [5, 5.41) is 7.53. The molecule has 1 aromatic carbocycles. The summed E-state index contributed by atoms with van der Waals surface area (Å²) in [6.45, 7) is 1.54. The molecule has 0 unspecified atom stereocenters. The third-order valence-corrected chi connectivity index (χ3v) is 9.07. The van der Waals surface area contributed by atoms with Crippen molar-refractivity contribution in [1.82, 2.24) is 33.6 Å². The number of benzene rings is 1. The fourth-order valence-corrected chi connectivity index (χ4v) is 6.26. The van der Waals surface area contributed by atoms with Gasteiger partial charge in [-0.15, -0.1) is 0 Å². The number of aryl methyl sites for hydroxylation is 1. The second-order valence-electron chi connectivity index (χ2n) is 9.07. The number of carbonyl (C=O) groups is 1. The normalized spacial score (nSPS) is 15.1. The summed E-state index contributed by atoms with van der Waals surface area (Å²) in [6.07, 6.45) is -3.57. The highest BCUT2D eigenvalue weighted by atomic mass is 35.5. The third-order valence-electron chi connectivity index (χ3n) is 6.73. The molecule has 11 nitrogen and oxygen atoms in total. The summed E-state index contributed by atoms with van der Waals surface area (Å²) in [7, 11) is -0.795. The van der Waals surface area contributed by atoms with Crippen LogP contribution < -0.4 is 4.74 Å². The fourth-order valence-electron chi connectivity index (χ4n) is 4.41. The van der Waals surface area contributed by atoms with Gasteiger partial charge in [-0.3, -0.25) is 9.48 Å². The number of ether oxygens (including phenoxy) is 1. The number of methoxy groups -OCH3 is 1. The fraction of sp³-hybridized carbons (Fsp3) is 0.333. The molecule has 16 heteroatoms. The summed E-state index contributed by atoms with van der Waals surface area (Å²) in [6, 6.07) is 7.16. The van der Waals surface area contributed by atoms with E-state index in [0.717, 1.165) is 6.07 Å². The van der Waals surface area contributed by atoms with E-state index in [1.54, 1.807) is 32.2 Å². The molecule has 4 aromatic rings. The number of carbonyl (C=O) groups excluding carboxylic acids is 1. The Labute approximate surface area is 231 Å². The van der Waals surface area contributed by atoms with Crippen molar-refractivity contribution < 1.29 is 31.1 Å². The van der Waals surface area contributed by atoms with Crippen LogP contribution in [0.2, 0.25) is 5.02 Å². The van der Waals surface area contributed by atoms with Gasteiger partial charge in [-0.05, 0) is 25.1 Å². The maximum atomic E-state index is 14.1. The molecule has 1 aliphatic rings. The number of piperazine rings is 1. The lowest BCUT2D eigenvalue weighted by Gasteiger charge is -2.33. The zero-order chi connectivity index (χ0) is 29.0. The molecule has 1 aliphatic heterocycles. The van der Waals surface area contributed by atoms with Crippen LogP contribution in [0.25, 0.3) is 16.9 Å². The van der Waals surface area contributed by atoms with Crippen molar-refractivity contribution in [2.24, 2.45) is 7.05 Å². The summed E-state index contributed by atoms with van der Waals surface area (Å²) < 4.78 is 76.7. The molecule has 4 heterocycles. The van der Waals surface area contributed by atoms with Crippen molar-refractivity contribution in [3.05, 3.63) is 58.6 Å². The van der Waals surface area contributed by atoms with Gasteiger partial charge in [-0.1, -0.05) is 23.7 Å². The summed E-state index contributed by atoms with van der Waals surface area (Å²) in [4.78, 5) is 19.0. The van der Waals surface area contributed by atoms with E-state index >= 15 is 0 Å². The van der Waals surface area contributed by atoms with Gasteiger partial charge in [0.15, 0.2) is 17.0 Å². The topological polar surface area (TPSA) is 115 Å². The lowest BCUT2D eigenvalue weighted by molar-refractivity contribution is -0.142. The van der Waals surface area contributed by atoms with Gasteiger partial charge in [0, 0.05) is 38.8 Å². The van der Waals surface area contributed by atoms with Crippen LogP contribution in [0.5, 0.6) is 5.75 Å². The van der Waals surface area contributed by atoms with Crippen LogP contribution in [0.4, 0.5) is 13.2 Å². The SMILES string of the molecule is COc1cccc(-c2cc(C(F)(F)F)n3nc(C(=O)N4CCN(S(=O)(=O)c5cnn(C)c5C)CC4)c(Cl)c3n2)c1. The quantitative estimate of drug-likeness (QED) is 0.347. The number of fused-ring (bicyclic) bond motifs is 1. The van der Waals surface area contributed by atoms with Gasteiger partial charge in [0.05, 0.1) is 24.7 Å². The Morgan fingerprint density at radius 1 is 1.12 bits per heavy atom. The van der Waals surface area contributed by atoms with Crippen LogP contribution in [0.15, 0.2) is 41.4 Å². The van der Waals surface area contributed by atoms with Crippen LogP contribution in [0.3, 0.4) is 0 Å². The number of hydrogen-bond acceptors (Lipinski definition) is 7. The summed E-state index contributed by atoms with van der Waals surface area (Å²) in [5.41, 5.74) is -1.15. The maximum absolute atomic E-state index is 14.1. The molecule has 0 bridgehead atoms. The third kappa shape index (κ3) is 4.77. The van der Waals surface area contributed by atoms with Crippen molar-refractivity contribution in [2.75, 3.05) is 33.3 Å². The molecule has 0 N–H and O–H groups in total. The number of rotatable bonds is 5. The van der Waals surface area contributed by atoms with Crippen LogP contribution in [-0.4, -0.2) is 81.2 Å². The number of hydrogen-bond donors (Lipinski definition) is 0. The van der Waals surface area contributed by atoms with E-state index in [-0.39, 0.29) is 47.4 Å². The number of aromatic nitrogens is 5. The Morgan fingerprint density at radius 2 is 1.82 bits per heavy atom. The Morgan fingerprint density at radius 3 is 2.42 bits per heavy atom. The minimum atomic E-state index is -4.84. The van der Waals surface area contributed by atoms with Gasteiger partial charge in [-0.25, -0.2) is 17.9 Å². The van der Waals surface area contributed by atoms with E-state index in [9.17, 15) is 26.4 Å². The highest BCUT2D eigenvalue weighted by molar-refractivity contribution is 7.89. The van der Waals surface area contributed by atoms with E-state index in [0.29, 0.717) is 21.5 Å². The second kappa shape index (κ2) is 10.1. The van der Waals surface area contributed by atoms with Gasteiger partial charge in [0.25, 0.3) is 5.91 Å². The lowest BCUT2D eigenvalue weighted by Crippen LogP contribution is -2.50. The molecule has 0 atom stereocenters. The number of halogens is 4. The molecular formula is C24H23ClF3N7O4S. The molecule has 3 aromatic heterocycles. The first-order chi connectivity index (χ1) is 18.8. The van der Waals surface area contributed by atoms with Gasteiger partial charge < -0.3 is 9.64 Å². The molecule has 1 amide bonds. The minimum absolute atomic E-state index is 0.0177. The minimum Gasteiger partial charge on any atom is -0.497 e. The smallest absolute Gasteiger partial charge is 0.433 e. The first-order valence-electron chi connectivity index (χ1n) is 11.9. The Kier molecular flexibility index (Phi) is 7.00. The molecule has 212 valence electrons. The van der Waals surface area contributed by atoms with Crippen molar-refractivity contribution in [1.29, 1.82) is 0 Å². The average molecular weight is 598 g/mol. The van der Waals surface area contributed by atoms with E-state index in [1.165, 1.54) is 33.3 Å². The summed E-state index contributed by atoms with van der Waals surface area (Å²) >= 11 is 6.41. The zero-order valence-electron chi connectivity index (χ0n) is 21.5. The summed E-state index contributed by atoms with van der Waals surface area (Å²) in [5.74, 6) is -0.316. The van der Waals surface area contributed by atoms with Crippen LogP contribution >= 0.6 is 11.6 Å². The Balaban J connectivity index is 1.46. The highest BCUT2D eigenvalue weighted by Gasteiger charge is 2.38. The molecule has 0 saturated carbocycles.